The van der Waals surface area contributed by atoms with Crippen molar-refractivity contribution in [3.05, 3.63) is 11.6 Å². The summed E-state index contributed by atoms with van der Waals surface area (Å²) >= 11 is 0. The number of hydrogen-bond donors (Lipinski definition) is 2. The SMILES string of the molecule is Cc1nc(C(=O)N2CCCNCC2)n[nH]1. The maximum absolute atomic E-state index is 11.9. The molecule has 1 fully saturated rings. The van der Waals surface area contributed by atoms with Gasteiger partial charge in [-0.3, -0.25) is 9.89 Å². The minimum Gasteiger partial charge on any atom is -0.335 e. The van der Waals surface area contributed by atoms with Crippen molar-refractivity contribution < 1.29 is 4.79 Å². The first-order valence-corrected chi connectivity index (χ1v) is 5.16. The van der Waals surface area contributed by atoms with Crippen LogP contribution in [0.4, 0.5) is 0 Å². The molecule has 0 bridgehead atoms. The lowest BCUT2D eigenvalue weighted by atomic mass is 10.4. The van der Waals surface area contributed by atoms with Crippen molar-refractivity contribution >= 4 is 5.91 Å². The molecule has 0 spiro atoms. The number of aromatic nitrogens is 3. The van der Waals surface area contributed by atoms with Crippen LogP contribution in [0.15, 0.2) is 0 Å². The van der Waals surface area contributed by atoms with Gasteiger partial charge in [0.1, 0.15) is 5.82 Å². The molecule has 0 saturated carbocycles. The highest BCUT2D eigenvalue weighted by atomic mass is 16.2. The molecular weight excluding hydrogens is 194 g/mol. The van der Waals surface area contributed by atoms with Crippen LogP contribution >= 0.6 is 0 Å². The molecule has 1 aromatic heterocycles. The number of H-pyrrole nitrogens is 1. The molecule has 0 aliphatic carbocycles. The zero-order valence-electron chi connectivity index (χ0n) is 8.79. The molecule has 15 heavy (non-hydrogen) atoms. The van der Waals surface area contributed by atoms with E-state index >= 15 is 0 Å². The Morgan fingerprint density at radius 1 is 1.40 bits per heavy atom. The van der Waals surface area contributed by atoms with E-state index in [1.54, 1.807) is 11.8 Å². The highest BCUT2D eigenvalue weighted by molar-refractivity contribution is 5.90. The van der Waals surface area contributed by atoms with E-state index in [4.69, 9.17) is 0 Å². The second kappa shape index (κ2) is 4.39. The fraction of sp³-hybridized carbons (Fsp3) is 0.667. The average Bonchev–Trinajstić information content (AvgIpc) is 2.53. The minimum atomic E-state index is -0.0805. The summed E-state index contributed by atoms with van der Waals surface area (Å²) in [6.45, 7) is 5.10. The molecule has 1 aromatic rings. The van der Waals surface area contributed by atoms with Crippen molar-refractivity contribution in [1.82, 2.24) is 25.4 Å². The molecule has 6 nitrogen and oxygen atoms in total. The van der Waals surface area contributed by atoms with Crippen molar-refractivity contribution in [3.8, 4) is 0 Å². The molecule has 82 valence electrons. The number of aromatic amines is 1. The molecule has 1 aliphatic heterocycles. The predicted molar refractivity (Wildman–Crippen MR) is 54.5 cm³/mol. The van der Waals surface area contributed by atoms with E-state index in [-0.39, 0.29) is 11.7 Å². The van der Waals surface area contributed by atoms with Crippen LogP contribution in [-0.2, 0) is 0 Å². The zero-order chi connectivity index (χ0) is 10.7. The van der Waals surface area contributed by atoms with Gasteiger partial charge in [-0.25, -0.2) is 4.98 Å². The van der Waals surface area contributed by atoms with Crippen LogP contribution in [0.2, 0.25) is 0 Å². The summed E-state index contributed by atoms with van der Waals surface area (Å²) in [6.07, 6.45) is 0.981. The van der Waals surface area contributed by atoms with Gasteiger partial charge in [-0.15, -0.1) is 5.10 Å². The Morgan fingerprint density at radius 2 is 2.27 bits per heavy atom. The molecule has 0 atom stereocenters. The van der Waals surface area contributed by atoms with Crippen molar-refractivity contribution in [2.75, 3.05) is 26.2 Å². The third-order valence-corrected chi connectivity index (χ3v) is 2.42. The van der Waals surface area contributed by atoms with Crippen LogP contribution in [0, 0.1) is 6.92 Å². The molecule has 1 saturated heterocycles. The van der Waals surface area contributed by atoms with Crippen LogP contribution in [0.5, 0.6) is 0 Å². The van der Waals surface area contributed by atoms with E-state index in [0.29, 0.717) is 5.82 Å². The van der Waals surface area contributed by atoms with Gasteiger partial charge in [0, 0.05) is 19.6 Å². The second-order valence-electron chi connectivity index (χ2n) is 3.64. The summed E-state index contributed by atoms with van der Waals surface area (Å²) < 4.78 is 0. The van der Waals surface area contributed by atoms with Gasteiger partial charge in [0.25, 0.3) is 5.91 Å². The Morgan fingerprint density at radius 3 is 3.00 bits per heavy atom. The van der Waals surface area contributed by atoms with Crippen molar-refractivity contribution in [1.29, 1.82) is 0 Å². The van der Waals surface area contributed by atoms with Crippen LogP contribution in [-0.4, -0.2) is 52.2 Å². The topological polar surface area (TPSA) is 73.9 Å². The van der Waals surface area contributed by atoms with Crippen molar-refractivity contribution in [2.45, 2.75) is 13.3 Å². The number of rotatable bonds is 1. The molecular formula is C9H15N5O. The summed E-state index contributed by atoms with van der Waals surface area (Å²) in [6, 6.07) is 0. The Labute approximate surface area is 88.1 Å². The third kappa shape index (κ3) is 2.33. The first-order chi connectivity index (χ1) is 7.27. The number of nitrogens with zero attached hydrogens (tertiary/aromatic N) is 3. The summed E-state index contributed by atoms with van der Waals surface area (Å²) in [5.41, 5.74) is 0. The monoisotopic (exact) mass is 209 g/mol. The van der Waals surface area contributed by atoms with E-state index in [1.807, 2.05) is 0 Å². The highest BCUT2D eigenvalue weighted by Gasteiger charge is 2.20. The fourth-order valence-electron chi connectivity index (χ4n) is 1.63. The lowest BCUT2D eigenvalue weighted by Crippen LogP contribution is -2.34. The molecule has 2 N–H and O–H groups in total. The summed E-state index contributed by atoms with van der Waals surface area (Å²) in [5.74, 6) is 0.865. The van der Waals surface area contributed by atoms with Gasteiger partial charge in [-0.05, 0) is 19.9 Å². The quantitative estimate of drug-likeness (QED) is 0.657. The third-order valence-electron chi connectivity index (χ3n) is 2.42. The fourth-order valence-corrected chi connectivity index (χ4v) is 1.63. The molecule has 1 aliphatic rings. The summed E-state index contributed by atoms with van der Waals surface area (Å²) in [4.78, 5) is 17.8. The molecule has 0 unspecified atom stereocenters. The normalized spacial score (nSPS) is 17.5. The number of carbonyl (C=O) groups is 1. The van der Waals surface area contributed by atoms with Crippen molar-refractivity contribution in [2.24, 2.45) is 0 Å². The largest absolute Gasteiger partial charge is 0.335 e. The minimum absolute atomic E-state index is 0.0805. The van der Waals surface area contributed by atoms with Gasteiger partial charge in [0.2, 0.25) is 5.82 Å². The van der Waals surface area contributed by atoms with Gasteiger partial charge in [0.15, 0.2) is 0 Å². The Balaban J connectivity index is 2.06. The van der Waals surface area contributed by atoms with Gasteiger partial charge in [-0.1, -0.05) is 0 Å². The molecule has 1 amide bonds. The van der Waals surface area contributed by atoms with Gasteiger partial charge in [-0.2, -0.15) is 0 Å². The van der Waals surface area contributed by atoms with Crippen LogP contribution < -0.4 is 5.32 Å². The Bertz CT molecular complexity index is 340. The number of hydrogen-bond acceptors (Lipinski definition) is 4. The van der Waals surface area contributed by atoms with Crippen molar-refractivity contribution in [3.63, 3.8) is 0 Å². The smallest absolute Gasteiger partial charge is 0.293 e. The molecule has 0 aromatic carbocycles. The first-order valence-electron chi connectivity index (χ1n) is 5.16. The molecule has 0 radical (unpaired) electrons. The first kappa shape index (κ1) is 10.1. The highest BCUT2D eigenvalue weighted by Crippen LogP contribution is 2.02. The number of carbonyl (C=O) groups excluding carboxylic acids is 1. The predicted octanol–water partition coefficient (Wildman–Crippen LogP) is -0.451. The zero-order valence-corrected chi connectivity index (χ0v) is 8.79. The molecule has 2 rings (SSSR count). The summed E-state index contributed by atoms with van der Waals surface area (Å²) in [5, 5.41) is 9.80. The Kier molecular flexibility index (Phi) is 2.96. The van der Waals surface area contributed by atoms with E-state index in [9.17, 15) is 4.79 Å². The van der Waals surface area contributed by atoms with E-state index < -0.39 is 0 Å². The standard InChI is InChI=1S/C9H15N5O/c1-7-11-8(13-12-7)9(15)14-5-2-3-10-4-6-14/h10H,2-6H2,1H3,(H,11,12,13). The number of amides is 1. The van der Waals surface area contributed by atoms with E-state index in [2.05, 4.69) is 20.5 Å². The van der Waals surface area contributed by atoms with Gasteiger partial charge in [0.05, 0.1) is 0 Å². The maximum atomic E-state index is 11.9. The lowest BCUT2D eigenvalue weighted by Gasteiger charge is -2.17. The molecule has 6 heteroatoms. The van der Waals surface area contributed by atoms with E-state index in [1.165, 1.54) is 0 Å². The van der Waals surface area contributed by atoms with Crippen LogP contribution in [0.25, 0.3) is 0 Å². The average molecular weight is 209 g/mol. The van der Waals surface area contributed by atoms with Crippen LogP contribution in [0.1, 0.15) is 22.9 Å². The lowest BCUT2D eigenvalue weighted by molar-refractivity contribution is 0.0754. The maximum Gasteiger partial charge on any atom is 0.293 e. The van der Waals surface area contributed by atoms with E-state index in [0.717, 1.165) is 32.6 Å². The van der Waals surface area contributed by atoms with Gasteiger partial charge >= 0.3 is 0 Å². The Hall–Kier alpha value is -1.43. The number of aryl methyl sites for hydroxylation is 1. The number of nitrogens with one attached hydrogen (secondary N) is 2. The molecule has 2 heterocycles. The summed E-state index contributed by atoms with van der Waals surface area (Å²) in [7, 11) is 0. The van der Waals surface area contributed by atoms with Crippen LogP contribution in [0.3, 0.4) is 0 Å². The van der Waals surface area contributed by atoms with Gasteiger partial charge < -0.3 is 10.2 Å². The second-order valence-corrected chi connectivity index (χ2v) is 3.64.